The van der Waals surface area contributed by atoms with Gasteiger partial charge in [-0.1, -0.05) is 11.6 Å². The number of amides is 1. The van der Waals surface area contributed by atoms with Gasteiger partial charge in [0.15, 0.2) is 0 Å². The summed E-state index contributed by atoms with van der Waals surface area (Å²) in [5.41, 5.74) is 0.670. The first-order valence-corrected chi connectivity index (χ1v) is 7.41. The van der Waals surface area contributed by atoms with Crippen molar-refractivity contribution >= 4 is 66.4 Å². The van der Waals surface area contributed by atoms with E-state index in [1.807, 2.05) is 11.4 Å². The molecule has 88 valence electrons. The number of benzene rings is 1. The van der Waals surface area contributed by atoms with Crippen LogP contribution in [0.15, 0.2) is 38.6 Å². The topological polar surface area (TPSA) is 29.1 Å². The second-order valence-electron chi connectivity index (χ2n) is 3.18. The monoisotopic (exact) mass is 393 g/mol. The second-order valence-corrected chi connectivity index (χ2v) is 6.21. The van der Waals surface area contributed by atoms with Crippen LogP contribution in [0.1, 0.15) is 9.67 Å². The van der Waals surface area contributed by atoms with Crippen molar-refractivity contribution in [3.05, 3.63) is 48.5 Å². The third-order valence-electron chi connectivity index (χ3n) is 2.00. The van der Waals surface area contributed by atoms with E-state index in [1.165, 1.54) is 11.3 Å². The van der Waals surface area contributed by atoms with E-state index >= 15 is 0 Å². The lowest BCUT2D eigenvalue weighted by Crippen LogP contribution is -2.10. The number of rotatable bonds is 2. The molecule has 6 heteroatoms. The SMILES string of the molecule is O=C(Nc1ccc(Br)c(Cl)c1)c1sccc1Br. The standard InChI is InChI=1S/C11H6Br2ClNOS/c12-7-2-1-6(5-9(7)14)15-11(16)10-8(13)3-4-17-10/h1-5H,(H,15,16). The largest absolute Gasteiger partial charge is 0.321 e. The van der Waals surface area contributed by atoms with E-state index in [-0.39, 0.29) is 5.91 Å². The first kappa shape index (κ1) is 13.1. The minimum atomic E-state index is -0.148. The molecule has 0 aliphatic heterocycles. The van der Waals surface area contributed by atoms with Crippen LogP contribution in [0.3, 0.4) is 0 Å². The average Bonchev–Trinajstić information content (AvgIpc) is 2.70. The summed E-state index contributed by atoms with van der Waals surface area (Å²) < 4.78 is 1.60. The fourth-order valence-corrected chi connectivity index (χ4v) is 3.09. The van der Waals surface area contributed by atoms with Crippen LogP contribution in [0.2, 0.25) is 5.02 Å². The van der Waals surface area contributed by atoms with Crippen molar-refractivity contribution in [2.45, 2.75) is 0 Å². The van der Waals surface area contributed by atoms with Gasteiger partial charge in [-0.05, 0) is 61.5 Å². The van der Waals surface area contributed by atoms with Gasteiger partial charge >= 0.3 is 0 Å². The van der Waals surface area contributed by atoms with E-state index in [4.69, 9.17) is 11.6 Å². The Morgan fingerprint density at radius 3 is 2.59 bits per heavy atom. The molecule has 1 heterocycles. The fourth-order valence-electron chi connectivity index (χ4n) is 1.22. The fraction of sp³-hybridized carbons (Fsp3) is 0. The third kappa shape index (κ3) is 3.10. The Labute approximate surface area is 124 Å². The summed E-state index contributed by atoms with van der Waals surface area (Å²) in [5, 5.41) is 5.21. The Kier molecular flexibility index (Phi) is 4.25. The van der Waals surface area contributed by atoms with Crippen LogP contribution >= 0.6 is 54.8 Å². The highest BCUT2D eigenvalue weighted by Gasteiger charge is 2.12. The van der Waals surface area contributed by atoms with Gasteiger partial charge in [-0.15, -0.1) is 11.3 Å². The van der Waals surface area contributed by atoms with Crippen LogP contribution in [0.4, 0.5) is 5.69 Å². The van der Waals surface area contributed by atoms with E-state index in [9.17, 15) is 4.79 Å². The van der Waals surface area contributed by atoms with E-state index in [1.54, 1.807) is 18.2 Å². The van der Waals surface area contributed by atoms with E-state index in [0.29, 0.717) is 15.6 Å². The Balaban J connectivity index is 2.19. The Morgan fingerprint density at radius 2 is 2.00 bits per heavy atom. The maximum Gasteiger partial charge on any atom is 0.266 e. The van der Waals surface area contributed by atoms with Crippen molar-refractivity contribution in [3.8, 4) is 0 Å². The lowest BCUT2D eigenvalue weighted by molar-refractivity contribution is 0.103. The van der Waals surface area contributed by atoms with Crippen molar-refractivity contribution in [2.75, 3.05) is 5.32 Å². The van der Waals surface area contributed by atoms with Crippen molar-refractivity contribution in [3.63, 3.8) is 0 Å². The quantitative estimate of drug-likeness (QED) is 0.746. The summed E-state index contributed by atoms with van der Waals surface area (Å²) in [5.74, 6) is -0.148. The van der Waals surface area contributed by atoms with Gasteiger partial charge in [-0.2, -0.15) is 0 Å². The molecule has 0 aliphatic carbocycles. The van der Waals surface area contributed by atoms with E-state index in [0.717, 1.165) is 8.95 Å². The molecular weight excluding hydrogens is 389 g/mol. The Bertz CT molecular complexity index is 570. The lowest BCUT2D eigenvalue weighted by Gasteiger charge is -2.05. The number of hydrogen-bond donors (Lipinski definition) is 1. The second kappa shape index (κ2) is 5.52. The van der Waals surface area contributed by atoms with Crippen LogP contribution in [0.25, 0.3) is 0 Å². The van der Waals surface area contributed by atoms with Crippen molar-refractivity contribution in [1.29, 1.82) is 0 Å². The summed E-state index contributed by atoms with van der Waals surface area (Å²) in [6, 6.07) is 7.12. The minimum Gasteiger partial charge on any atom is -0.321 e. The molecule has 0 atom stereocenters. The molecule has 1 aromatic carbocycles. The van der Waals surface area contributed by atoms with Gasteiger partial charge in [0, 0.05) is 14.6 Å². The molecule has 1 N–H and O–H groups in total. The van der Waals surface area contributed by atoms with Crippen LogP contribution in [-0.4, -0.2) is 5.91 Å². The summed E-state index contributed by atoms with van der Waals surface area (Å²) in [7, 11) is 0. The smallest absolute Gasteiger partial charge is 0.266 e. The van der Waals surface area contributed by atoms with Crippen LogP contribution in [0.5, 0.6) is 0 Å². The van der Waals surface area contributed by atoms with Crippen LogP contribution < -0.4 is 5.32 Å². The molecule has 0 aliphatic rings. The number of halogens is 3. The number of hydrogen-bond acceptors (Lipinski definition) is 2. The van der Waals surface area contributed by atoms with Crippen molar-refractivity contribution in [1.82, 2.24) is 0 Å². The van der Waals surface area contributed by atoms with Gasteiger partial charge in [-0.3, -0.25) is 4.79 Å². The average molecular weight is 396 g/mol. The maximum atomic E-state index is 11.9. The maximum absolute atomic E-state index is 11.9. The van der Waals surface area contributed by atoms with Crippen LogP contribution in [-0.2, 0) is 0 Å². The predicted molar refractivity (Wildman–Crippen MR) is 79.1 cm³/mol. The highest BCUT2D eigenvalue weighted by atomic mass is 79.9. The van der Waals surface area contributed by atoms with Crippen molar-refractivity contribution < 1.29 is 4.79 Å². The highest BCUT2D eigenvalue weighted by Crippen LogP contribution is 2.27. The number of carbonyl (C=O) groups is 1. The molecule has 2 aromatic rings. The first-order chi connectivity index (χ1) is 8.08. The molecule has 1 amide bonds. The summed E-state index contributed by atoms with van der Waals surface area (Å²) in [6.45, 7) is 0. The number of thiophene rings is 1. The number of anilines is 1. The molecule has 0 saturated heterocycles. The highest BCUT2D eigenvalue weighted by molar-refractivity contribution is 9.10. The Hall–Kier alpha value is -0.360. The zero-order chi connectivity index (χ0) is 12.4. The predicted octanol–water partition coefficient (Wildman–Crippen LogP) is 5.18. The van der Waals surface area contributed by atoms with Gasteiger partial charge in [0.25, 0.3) is 5.91 Å². The van der Waals surface area contributed by atoms with E-state index < -0.39 is 0 Å². The number of carbonyl (C=O) groups excluding carboxylic acids is 1. The van der Waals surface area contributed by atoms with Gasteiger partial charge in [0.2, 0.25) is 0 Å². The lowest BCUT2D eigenvalue weighted by atomic mass is 10.3. The molecule has 0 fully saturated rings. The normalized spacial score (nSPS) is 10.3. The summed E-state index contributed by atoms with van der Waals surface area (Å²) in [4.78, 5) is 12.5. The van der Waals surface area contributed by atoms with Gasteiger partial charge < -0.3 is 5.32 Å². The van der Waals surface area contributed by atoms with Gasteiger partial charge in [0.1, 0.15) is 4.88 Å². The zero-order valence-electron chi connectivity index (χ0n) is 8.34. The summed E-state index contributed by atoms with van der Waals surface area (Å²) in [6.07, 6.45) is 0. The molecule has 0 spiro atoms. The molecular formula is C11H6Br2ClNOS. The third-order valence-corrected chi connectivity index (χ3v) is 5.07. The van der Waals surface area contributed by atoms with E-state index in [2.05, 4.69) is 37.2 Å². The van der Waals surface area contributed by atoms with Gasteiger partial charge in [0.05, 0.1) is 5.02 Å². The zero-order valence-corrected chi connectivity index (χ0v) is 13.1. The Morgan fingerprint density at radius 1 is 1.24 bits per heavy atom. The number of nitrogens with one attached hydrogen (secondary N) is 1. The summed E-state index contributed by atoms with van der Waals surface area (Å²) >= 11 is 13.9. The molecule has 0 unspecified atom stereocenters. The minimum absolute atomic E-state index is 0.148. The van der Waals surface area contributed by atoms with Crippen LogP contribution in [0, 0.1) is 0 Å². The van der Waals surface area contributed by atoms with Gasteiger partial charge in [-0.25, -0.2) is 0 Å². The molecule has 2 nitrogen and oxygen atoms in total. The molecule has 0 saturated carbocycles. The molecule has 2 rings (SSSR count). The molecule has 1 aromatic heterocycles. The van der Waals surface area contributed by atoms with Crippen molar-refractivity contribution in [2.24, 2.45) is 0 Å². The molecule has 0 bridgehead atoms. The first-order valence-electron chi connectivity index (χ1n) is 4.57. The molecule has 0 radical (unpaired) electrons. The molecule has 17 heavy (non-hydrogen) atoms.